The van der Waals surface area contributed by atoms with Gasteiger partial charge in [0.1, 0.15) is 5.65 Å². The van der Waals surface area contributed by atoms with Gasteiger partial charge in [-0.15, -0.1) is 11.3 Å². The highest BCUT2D eigenvalue weighted by molar-refractivity contribution is 7.18. The van der Waals surface area contributed by atoms with E-state index in [-0.39, 0.29) is 32.8 Å². The number of hydrogen-bond donors (Lipinski definition) is 0. The molecule has 1 aliphatic carbocycles. The molecule has 0 aliphatic heterocycles. The molecule has 0 saturated carbocycles. The molecule has 7 nitrogen and oxygen atoms in total. The highest BCUT2D eigenvalue weighted by Crippen LogP contribution is 2.40. The number of aryl methyl sites for hydroxylation is 2. The molecule has 0 saturated heterocycles. The Morgan fingerprint density at radius 2 is 1.76 bits per heavy atom. The molecule has 3 aromatic rings. The number of allylic oxidation sites excluding steroid dienone is 2. The maximum absolute atomic E-state index is 13.4. The number of rotatable bonds is 2. The van der Waals surface area contributed by atoms with Crippen LogP contribution >= 0.6 is 34.5 Å². The Morgan fingerprint density at radius 3 is 2.34 bits per heavy atom. The maximum Gasteiger partial charge on any atom is 0.332 e. The average Bonchev–Trinajstić information content (AvgIpc) is 3.03. The first kappa shape index (κ1) is 19.8. The standard InChI is InChI=1S/C19H13Cl2N3O4S/c1-4-9-12-13(14-17(22-9)23(2)19(28)24(3)18(14)27)10(25)5-7(15(12)26)16-8(20)6-11(21)29-16/h5-6H,4H2,1-3H3. The summed E-state index contributed by atoms with van der Waals surface area (Å²) in [6.45, 7) is 1.78. The van der Waals surface area contributed by atoms with Gasteiger partial charge in [-0.3, -0.25) is 23.5 Å². The smallest absolute Gasteiger partial charge is 0.289 e. The molecule has 0 amide bonds. The minimum Gasteiger partial charge on any atom is -0.289 e. The van der Waals surface area contributed by atoms with Gasteiger partial charge < -0.3 is 0 Å². The Balaban J connectivity index is 2.15. The number of halogens is 2. The SMILES string of the molecule is CCc1nc2c(c3c1C(=O)C(c1sc(Cl)cc1Cl)=CC3=O)c(=O)n(C)c(=O)n2C. The monoisotopic (exact) mass is 449 g/mol. The van der Waals surface area contributed by atoms with Gasteiger partial charge in [0.2, 0.25) is 0 Å². The fourth-order valence-corrected chi connectivity index (χ4v) is 5.06. The van der Waals surface area contributed by atoms with E-state index < -0.39 is 22.8 Å². The first-order valence-corrected chi connectivity index (χ1v) is 10.1. The summed E-state index contributed by atoms with van der Waals surface area (Å²) in [5.74, 6) is -0.977. The fraction of sp³-hybridized carbons (Fsp3) is 0.211. The predicted molar refractivity (Wildman–Crippen MR) is 113 cm³/mol. The van der Waals surface area contributed by atoms with Crippen molar-refractivity contribution in [2.24, 2.45) is 14.1 Å². The van der Waals surface area contributed by atoms with E-state index in [1.807, 2.05) is 0 Å². The molecule has 0 fully saturated rings. The number of Topliss-reactive ketones (excluding diaryl/α,β-unsaturated/α-hetero) is 1. The number of carbonyl (C=O) groups excluding carboxylic acids is 2. The number of ketones is 2. The zero-order chi connectivity index (χ0) is 21.2. The molecule has 3 heterocycles. The van der Waals surface area contributed by atoms with Crippen molar-refractivity contribution in [1.29, 1.82) is 0 Å². The van der Waals surface area contributed by atoms with Crippen LogP contribution in [0.15, 0.2) is 21.7 Å². The van der Waals surface area contributed by atoms with Gasteiger partial charge in [-0.05, 0) is 18.6 Å². The summed E-state index contributed by atoms with van der Waals surface area (Å²) in [6, 6.07) is 1.50. The molecule has 10 heteroatoms. The van der Waals surface area contributed by atoms with E-state index in [9.17, 15) is 19.2 Å². The van der Waals surface area contributed by atoms with Gasteiger partial charge in [-0.2, -0.15) is 0 Å². The number of pyridine rings is 1. The van der Waals surface area contributed by atoms with Crippen LogP contribution in [-0.2, 0) is 20.5 Å². The molecule has 148 valence electrons. The second-order valence-corrected chi connectivity index (χ2v) is 8.64. The van der Waals surface area contributed by atoms with Crippen molar-refractivity contribution in [3.8, 4) is 0 Å². The maximum atomic E-state index is 13.4. The Morgan fingerprint density at radius 1 is 1.07 bits per heavy atom. The van der Waals surface area contributed by atoms with Crippen molar-refractivity contribution in [1.82, 2.24) is 14.1 Å². The molecule has 4 rings (SSSR count). The lowest BCUT2D eigenvalue weighted by Gasteiger charge is -2.20. The molecule has 0 bridgehead atoms. The van der Waals surface area contributed by atoms with Crippen LogP contribution in [0, 0.1) is 0 Å². The van der Waals surface area contributed by atoms with Crippen molar-refractivity contribution < 1.29 is 9.59 Å². The summed E-state index contributed by atoms with van der Waals surface area (Å²) in [5.41, 5.74) is -0.689. The molecule has 0 unspecified atom stereocenters. The van der Waals surface area contributed by atoms with Crippen molar-refractivity contribution in [2.45, 2.75) is 13.3 Å². The number of fused-ring (bicyclic) bond motifs is 3. The highest BCUT2D eigenvalue weighted by atomic mass is 35.5. The van der Waals surface area contributed by atoms with Gasteiger partial charge in [-0.1, -0.05) is 30.1 Å². The third kappa shape index (κ3) is 2.74. The van der Waals surface area contributed by atoms with Gasteiger partial charge in [0, 0.05) is 19.7 Å². The number of hydrogen-bond acceptors (Lipinski definition) is 6. The van der Waals surface area contributed by atoms with E-state index in [4.69, 9.17) is 23.2 Å². The highest BCUT2D eigenvalue weighted by Gasteiger charge is 2.34. The first-order chi connectivity index (χ1) is 13.7. The van der Waals surface area contributed by atoms with Crippen molar-refractivity contribution in [3.05, 3.63) is 64.0 Å². The number of aromatic nitrogens is 3. The molecule has 0 aromatic carbocycles. The zero-order valence-electron chi connectivity index (χ0n) is 15.5. The van der Waals surface area contributed by atoms with E-state index in [2.05, 4.69) is 4.98 Å². The minimum absolute atomic E-state index is 0.0319. The van der Waals surface area contributed by atoms with Gasteiger partial charge >= 0.3 is 5.69 Å². The predicted octanol–water partition coefficient (Wildman–Crippen LogP) is 3.03. The second kappa shape index (κ2) is 6.76. The van der Waals surface area contributed by atoms with Crippen molar-refractivity contribution >= 4 is 62.7 Å². The largest absolute Gasteiger partial charge is 0.332 e. The van der Waals surface area contributed by atoms with E-state index in [0.29, 0.717) is 21.3 Å². The summed E-state index contributed by atoms with van der Waals surface area (Å²) in [7, 11) is 2.78. The Hall–Kier alpha value is -2.55. The van der Waals surface area contributed by atoms with E-state index in [1.165, 1.54) is 30.8 Å². The molecule has 3 aromatic heterocycles. The van der Waals surface area contributed by atoms with Gasteiger partial charge in [-0.25, -0.2) is 9.78 Å². The van der Waals surface area contributed by atoms with Crippen LogP contribution in [0.3, 0.4) is 0 Å². The number of thiophene rings is 1. The molecule has 1 aliphatic rings. The zero-order valence-corrected chi connectivity index (χ0v) is 17.8. The number of carbonyl (C=O) groups is 2. The summed E-state index contributed by atoms with van der Waals surface area (Å²) in [5, 5.41) is 0.215. The Kier molecular flexibility index (Phi) is 4.60. The van der Waals surface area contributed by atoms with E-state index >= 15 is 0 Å². The van der Waals surface area contributed by atoms with Gasteiger partial charge in [0.25, 0.3) is 5.56 Å². The van der Waals surface area contributed by atoms with Crippen LogP contribution in [0.4, 0.5) is 0 Å². The average molecular weight is 450 g/mol. The van der Waals surface area contributed by atoms with Gasteiger partial charge in [0.05, 0.1) is 36.4 Å². The molecular weight excluding hydrogens is 437 g/mol. The van der Waals surface area contributed by atoms with Gasteiger partial charge in [0.15, 0.2) is 11.6 Å². The van der Waals surface area contributed by atoms with E-state index in [1.54, 1.807) is 6.92 Å². The summed E-state index contributed by atoms with van der Waals surface area (Å²) < 4.78 is 2.47. The van der Waals surface area contributed by atoms with Crippen LogP contribution in [-0.4, -0.2) is 25.7 Å². The molecule has 0 atom stereocenters. The van der Waals surface area contributed by atoms with Crippen molar-refractivity contribution in [3.63, 3.8) is 0 Å². The second-order valence-electron chi connectivity index (χ2n) is 6.55. The molecular formula is C19H13Cl2N3O4S. The van der Waals surface area contributed by atoms with Crippen LogP contribution in [0.25, 0.3) is 16.6 Å². The lowest BCUT2D eigenvalue weighted by molar-refractivity contribution is 0.100. The molecule has 0 spiro atoms. The lowest BCUT2D eigenvalue weighted by Crippen LogP contribution is -2.39. The Labute approximate surface area is 177 Å². The quantitative estimate of drug-likeness (QED) is 0.599. The minimum atomic E-state index is -0.676. The van der Waals surface area contributed by atoms with Crippen LogP contribution in [0.5, 0.6) is 0 Å². The fourth-order valence-electron chi connectivity index (χ4n) is 3.48. The topological polar surface area (TPSA) is 91.0 Å². The third-order valence-electron chi connectivity index (χ3n) is 4.89. The van der Waals surface area contributed by atoms with Crippen LogP contribution < -0.4 is 11.2 Å². The lowest BCUT2D eigenvalue weighted by atomic mass is 9.85. The summed E-state index contributed by atoms with van der Waals surface area (Å²) >= 11 is 13.3. The molecule has 29 heavy (non-hydrogen) atoms. The Bertz CT molecular complexity index is 1410. The summed E-state index contributed by atoms with van der Waals surface area (Å²) in [4.78, 5) is 56.4. The van der Waals surface area contributed by atoms with E-state index in [0.717, 1.165) is 15.9 Å². The summed E-state index contributed by atoms with van der Waals surface area (Å²) in [6.07, 6.45) is 1.50. The third-order valence-corrected chi connectivity index (χ3v) is 6.60. The number of nitrogens with zero attached hydrogens (tertiary/aromatic N) is 3. The van der Waals surface area contributed by atoms with Crippen molar-refractivity contribution in [2.75, 3.05) is 0 Å². The normalized spacial score (nSPS) is 13.8. The first-order valence-electron chi connectivity index (χ1n) is 8.55. The van der Waals surface area contributed by atoms with Crippen LogP contribution in [0.1, 0.15) is 38.2 Å². The van der Waals surface area contributed by atoms with Crippen LogP contribution in [0.2, 0.25) is 9.36 Å². The molecule has 0 radical (unpaired) electrons. The molecule has 0 N–H and O–H groups in total.